The zero-order chi connectivity index (χ0) is 24.2. The Hall–Kier alpha value is -2.38. The number of hydrogen-bond donors (Lipinski definition) is 1. The van der Waals surface area contributed by atoms with Crippen LogP contribution in [0.2, 0.25) is 0 Å². The number of hydrogen-bond acceptors (Lipinski definition) is 1. The summed E-state index contributed by atoms with van der Waals surface area (Å²) in [7, 11) is 0. The summed E-state index contributed by atoms with van der Waals surface area (Å²) in [6.07, 6.45) is 3.56. The first-order valence-electron chi connectivity index (χ1n) is 12.6. The highest BCUT2D eigenvalue weighted by molar-refractivity contribution is 5.68. The van der Waals surface area contributed by atoms with Gasteiger partial charge in [0.2, 0.25) is 0 Å². The van der Waals surface area contributed by atoms with E-state index in [-0.39, 0.29) is 16.9 Å². The molecule has 0 bridgehead atoms. The van der Waals surface area contributed by atoms with E-state index in [1.807, 2.05) is 0 Å². The Labute approximate surface area is 201 Å². The maximum Gasteiger partial charge on any atom is 0.0591 e. The van der Waals surface area contributed by atoms with E-state index in [2.05, 4.69) is 115 Å². The molecule has 3 rings (SSSR count). The van der Waals surface area contributed by atoms with Gasteiger partial charge < -0.3 is 5.11 Å². The van der Waals surface area contributed by atoms with Gasteiger partial charge in [-0.1, -0.05) is 101 Å². The van der Waals surface area contributed by atoms with E-state index in [1.165, 1.54) is 38.9 Å². The standard InChI is InChI=1S/C32H42O/c1-8-32(9-2,28-18-19-29(24(4)22-28)26-13-11-10-12-14-26)27-17-15-25(23(3)21-27)16-20-30(33)31(5,6)7/h10-15,17-19,21-22,30,33H,8-9,16,20H2,1-7H3. The van der Waals surface area contributed by atoms with Gasteiger partial charge in [0.25, 0.3) is 0 Å². The number of aliphatic hydroxyl groups is 1. The van der Waals surface area contributed by atoms with Gasteiger partial charge in [0, 0.05) is 5.41 Å². The van der Waals surface area contributed by atoms with Crippen molar-refractivity contribution < 1.29 is 5.11 Å². The average Bonchev–Trinajstić information content (AvgIpc) is 2.79. The van der Waals surface area contributed by atoms with Crippen LogP contribution in [0.4, 0.5) is 0 Å². The lowest BCUT2D eigenvalue weighted by Crippen LogP contribution is -2.27. The van der Waals surface area contributed by atoms with E-state index < -0.39 is 0 Å². The fraction of sp³-hybridized carbons (Fsp3) is 0.438. The van der Waals surface area contributed by atoms with Gasteiger partial charge in [0.15, 0.2) is 0 Å². The molecule has 0 aliphatic carbocycles. The van der Waals surface area contributed by atoms with Crippen LogP contribution in [0.5, 0.6) is 0 Å². The summed E-state index contributed by atoms with van der Waals surface area (Å²) in [5.41, 5.74) is 9.33. The van der Waals surface area contributed by atoms with Gasteiger partial charge in [-0.15, -0.1) is 0 Å². The summed E-state index contributed by atoms with van der Waals surface area (Å²) in [5, 5.41) is 10.5. The van der Waals surface area contributed by atoms with Crippen LogP contribution in [-0.2, 0) is 11.8 Å². The minimum atomic E-state index is -0.284. The van der Waals surface area contributed by atoms with Crippen LogP contribution in [0.1, 0.15) is 81.7 Å². The van der Waals surface area contributed by atoms with E-state index in [9.17, 15) is 5.11 Å². The molecule has 33 heavy (non-hydrogen) atoms. The summed E-state index contributed by atoms with van der Waals surface area (Å²) in [6.45, 7) is 15.4. The summed E-state index contributed by atoms with van der Waals surface area (Å²) in [4.78, 5) is 0. The second kappa shape index (κ2) is 10.3. The molecule has 0 saturated carbocycles. The number of rotatable bonds is 8. The van der Waals surface area contributed by atoms with Crippen molar-refractivity contribution in [3.05, 3.63) is 94.5 Å². The molecule has 0 aromatic heterocycles. The third-order valence-electron chi connectivity index (χ3n) is 7.65. The van der Waals surface area contributed by atoms with Gasteiger partial charge in [-0.3, -0.25) is 0 Å². The lowest BCUT2D eigenvalue weighted by Gasteiger charge is -2.34. The van der Waals surface area contributed by atoms with Gasteiger partial charge in [0.1, 0.15) is 0 Å². The fourth-order valence-corrected chi connectivity index (χ4v) is 5.14. The van der Waals surface area contributed by atoms with Crippen molar-refractivity contribution in [2.45, 2.75) is 85.7 Å². The molecule has 1 N–H and O–H groups in total. The highest BCUT2D eigenvalue weighted by Gasteiger charge is 2.31. The van der Waals surface area contributed by atoms with E-state index in [4.69, 9.17) is 0 Å². The molecule has 1 unspecified atom stereocenters. The summed E-state index contributed by atoms with van der Waals surface area (Å²) >= 11 is 0. The highest BCUT2D eigenvalue weighted by Crippen LogP contribution is 2.41. The number of aliphatic hydroxyl groups excluding tert-OH is 1. The van der Waals surface area contributed by atoms with Crippen molar-refractivity contribution in [2.75, 3.05) is 0 Å². The molecule has 0 spiro atoms. The van der Waals surface area contributed by atoms with Crippen molar-refractivity contribution in [2.24, 2.45) is 5.41 Å². The molecule has 3 aromatic carbocycles. The Morgan fingerprint density at radius 2 is 1.33 bits per heavy atom. The zero-order valence-electron chi connectivity index (χ0n) is 21.7. The monoisotopic (exact) mass is 442 g/mol. The van der Waals surface area contributed by atoms with Crippen molar-refractivity contribution >= 4 is 0 Å². The van der Waals surface area contributed by atoms with Gasteiger partial charge >= 0.3 is 0 Å². The summed E-state index contributed by atoms with van der Waals surface area (Å²) in [5.74, 6) is 0. The smallest absolute Gasteiger partial charge is 0.0591 e. The van der Waals surface area contributed by atoms with E-state index in [1.54, 1.807) is 0 Å². The van der Waals surface area contributed by atoms with Crippen LogP contribution in [0.15, 0.2) is 66.7 Å². The Bertz CT molecular complexity index is 1050. The summed E-state index contributed by atoms with van der Waals surface area (Å²) in [6, 6.07) is 24.7. The molecule has 176 valence electrons. The van der Waals surface area contributed by atoms with E-state index >= 15 is 0 Å². The van der Waals surface area contributed by atoms with E-state index in [0.717, 1.165) is 25.7 Å². The highest BCUT2D eigenvalue weighted by atomic mass is 16.3. The van der Waals surface area contributed by atoms with Crippen LogP contribution in [0, 0.1) is 19.3 Å². The summed E-state index contributed by atoms with van der Waals surface area (Å²) < 4.78 is 0. The molecular formula is C32H42O. The lowest BCUT2D eigenvalue weighted by atomic mass is 9.69. The number of aryl methyl sites for hydroxylation is 3. The minimum absolute atomic E-state index is 0.00813. The van der Waals surface area contributed by atoms with Gasteiger partial charge in [0.05, 0.1) is 6.10 Å². The fourth-order valence-electron chi connectivity index (χ4n) is 5.14. The molecular weight excluding hydrogens is 400 g/mol. The molecule has 0 aliphatic rings. The molecule has 3 aromatic rings. The Morgan fingerprint density at radius 1 is 0.758 bits per heavy atom. The SMILES string of the molecule is CCC(CC)(c1ccc(CCC(O)C(C)(C)C)c(C)c1)c1ccc(-c2ccccc2)c(C)c1. The molecule has 0 saturated heterocycles. The molecule has 1 nitrogen and oxygen atoms in total. The van der Waals surface area contributed by atoms with E-state index in [0.29, 0.717) is 0 Å². The Kier molecular flexibility index (Phi) is 7.85. The second-order valence-electron chi connectivity index (χ2n) is 10.7. The predicted molar refractivity (Wildman–Crippen MR) is 143 cm³/mol. The molecule has 0 radical (unpaired) electrons. The second-order valence-corrected chi connectivity index (χ2v) is 10.7. The van der Waals surface area contributed by atoms with Crippen molar-refractivity contribution in [3.8, 4) is 11.1 Å². The molecule has 0 fully saturated rings. The average molecular weight is 443 g/mol. The van der Waals surface area contributed by atoms with Crippen LogP contribution >= 0.6 is 0 Å². The van der Waals surface area contributed by atoms with Crippen LogP contribution in [0.3, 0.4) is 0 Å². The predicted octanol–water partition coefficient (Wildman–Crippen LogP) is 8.42. The maximum absolute atomic E-state index is 10.5. The molecule has 0 heterocycles. The third kappa shape index (κ3) is 5.41. The van der Waals surface area contributed by atoms with Crippen LogP contribution in [-0.4, -0.2) is 11.2 Å². The molecule has 0 amide bonds. The quantitative estimate of drug-likeness (QED) is 0.371. The lowest BCUT2D eigenvalue weighted by molar-refractivity contribution is 0.0560. The van der Waals surface area contributed by atoms with Gasteiger partial charge in [-0.05, 0) is 83.9 Å². The van der Waals surface area contributed by atoms with Crippen LogP contribution < -0.4 is 0 Å². The Balaban J connectivity index is 1.93. The van der Waals surface area contributed by atoms with Crippen LogP contribution in [0.25, 0.3) is 11.1 Å². The van der Waals surface area contributed by atoms with Gasteiger partial charge in [-0.25, -0.2) is 0 Å². The maximum atomic E-state index is 10.5. The first-order valence-corrected chi connectivity index (χ1v) is 12.6. The number of benzene rings is 3. The topological polar surface area (TPSA) is 20.2 Å². The molecule has 1 heteroatoms. The minimum Gasteiger partial charge on any atom is -0.393 e. The zero-order valence-corrected chi connectivity index (χ0v) is 21.7. The largest absolute Gasteiger partial charge is 0.393 e. The van der Waals surface area contributed by atoms with Crippen molar-refractivity contribution in [1.82, 2.24) is 0 Å². The first kappa shape index (κ1) is 25.2. The van der Waals surface area contributed by atoms with Crippen molar-refractivity contribution in [3.63, 3.8) is 0 Å². The van der Waals surface area contributed by atoms with Gasteiger partial charge in [-0.2, -0.15) is 0 Å². The van der Waals surface area contributed by atoms with Crippen molar-refractivity contribution in [1.29, 1.82) is 0 Å². The third-order valence-corrected chi connectivity index (χ3v) is 7.65. The normalized spacial score (nSPS) is 13.2. The Morgan fingerprint density at radius 3 is 1.85 bits per heavy atom. The first-order chi connectivity index (χ1) is 15.6. The molecule has 0 aliphatic heterocycles. The molecule has 1 atom stereocenters.